The Kier molecular flexibility index (Phi) is 7.83. The van der Waals surface area contributed by atoms with Crippen LogP contribution in [0.2, 0.25) is 0 Å². The van der Waals surface area contributed by atoms with Gasteiger partial charge in [0, 0.05) is 47.7 Å². The predicted molar refractivity (Wildman–Crippen MR) is 193 cm³/mol. The zero-order valence-electron chi connectivity index (χ0n) is 26.4. The number of fused-ring (bicyclic) bond motifs is 4. The van der Waals surface area contributed by atoms with E-state index in [4.69, 9.17) is 35.0 Å². The molecule has 8 rings (SSSR count). The van der Waals surface area contributed by atoms with Gasteiger partial charge in [0.1, 0.15) is 23.5 Å². The molecule has 8 heteroatoms. The number of aromatic nitrogens is 2. The normalized spacial score (nSPS) is 18.5. The van der Waals surface area contributed by atoms with Crippen molar-refractivity contribution in [1.29, 1.82) is 10.5 Å². The van der Waals surface area contributed by atoms with Crippen molar-refractivity contribution < 1.29 is 0 Å². The summed E-state index contributed by atoms with van der Waals surface area (Å²) in [6, 6.07) is 25.3. The molecule has 4 heterocycles. The van der Waals surface area contributed by atoms with Crippen molar-refractivity contribution in [3.05, 3.63) is 83.2 Å². The van der Waals surface area contributed by atoms with Crippen molar-refractivity contribution in [3.8, 4) is 34.7 Å². The molecule has 4 aliphatic rings. The first-order chi connectivity index (χ1) is 22.3. The van der Waals surface area contributed by atoms with Crippen LogP contribution >= 0.6 is 24.4 Å². The van der Waals surface area contributed by atoms with Crippen molar-refractivity contribution in [2.75, 3.05) is 10.6 Å². The van der Waals surface area contributed by atoms with Crippen LogP contribution in [0.1, 0.15) is 86.7 Å². The first-order valence-corrected chi connectivity index (χ1v) is 17.2. The minimum Gasteiger partial charge on any atom is -0.349 e. The fourth-order valence-corrected chi connectivity index (χ4v) is 9.12. The van der Waals surface area contributed by atoms with Gasteiger partial charge in [-0.05, 0) is 96.5 Å². The van der Waals surface area contributed by atoms with E-state index >= 15 is 0 Å². The lowest BCUT2D eigenvalue weighted by Crippen LogP contribution is -2.35. The Morgan fingerprint density at radius 1 is 0.587 bits per heavy atom. The average Bonchev–Trinajstić information content (AvgIpc) is 3.80. The van der Waals surface area contributed by atoms with Gasteiger partial charge in [0.25, 0.3) is 0 Å². The third-order valence-electron chi connectivity index (χ3n) is 10.9. The van der Waals surface area contributed by atoms with Gasteiger partial charge in [0.05, 0.1) is 9.98 Å². The summed E-state index contributed by atoms with van der Waals surface area (Å²) in [5, 5.41) is 25.2. The van der Waals surface area contributed by atoms with Gasteiger partial charge in [-0.3, -0.25) is 0 Å². The molecule has 0 amide bonds. The summed E-state index contributed by atoms with van der Waals surface area (Å²) in [6.45, 7) is 0. The fraction of sp³-hybridized carbons (Fsp3) is 0.368. The topological polar surface area (TPSA) is 81.5 Å². The molecule has 6 nitrogen and oxygen atoms in total. The zero-order chi connectivity index (χ0) is 32.1. The lowest BCUT2D eigenvalue weighted by Gasteiger charge is -2.33. The number of benzene rings is 2. The molecule has 232 valence electrons. The van der Waals surface area contributed by atoms with E-state index in [1.54, 1.807) is 0 Å². The average molecular weight is 643 g/mol. The smallest absolute Gasteiger partial charge is 0.120 e. The fourth-order valence-electron chi connectivity index (χ4n) is 8.28. The summed E-state index contributed by atoms with van der Waals surface area (Å²) in [6.07, 6.45) is 12.2. The Bertz CT molecular complexity index is 1810. The molecule has 2 N–H and O–H groups in total. The predicted octanol–water partition coefficient (Wildman–Crippen LogP) is 9.04. The molecule has 2 aliphatic carbocycles. The minimum atomic E-state index is 0.0299. The van der Waals surface area contributed by atoms with Gasteiger partial charge in [-0.1, -0.05) is 75.1 Å². The number of anilines is 2. The van der Waals surface area contributed by atoms with Gasteiger partial charge in [-0.25, -0.2) is 0 Å². The lowest BCUT2D eigenvalue weighted by molar-refractivity contribution is 0.389. The monoisotopic (exact) mass is 642 g/mol. The second kappa shape index (κ2) is 11.8. The zero-order valence-corrected chi connectivity index (χ0v) is 28.1. The van der Waals surface area contributed by atoms with Crippen molar-refractivity contribution in [2.45, 2.75) is 75.0 Å². The van der Waals surface area contributed by atoms with Gasteiger partial charge >= 0.3 is 0 Å². The molecule has 2 aromatic carbocycles. The Labute approximate surface area is 282 Å². The molecule has 0 radical (unpaired) electrons. The molecule has 2 aromatic heterocycles. The maximum Gasteiger partial charge on any atom is 0.120 e. The molecule has 2 aliphatic heterocycles. The van der Waals surface area contributed by atoms with Gasteiger partial charge in [-0.15, -0.1) is 0 Å². The maximum absolute atomic E-state index is 9.17. The van der Waals surface area contributed by atoms with Crippen LogP contribution in [0.15, 0.2) is 60.7 Å². The van der Waals surface area contributed by atoms with E-state index in [1.807, 2.05) is 47.5 Å². The largest absolute Gasteiger partial charge is 0.349 e. The molecule has 0 unspecified atom stereocenters. The van der Waals surface area contributed by atoms with Crippen LogP contribution in [0.25, 0.3) is 22.5 Å². The van der Waals surface area contributed by atoms with E-state index in [-0.39, 0.29) is 10.8 Å². The summed E-state index contributed by atoms with van der Waals surface area (Å²) in [5.74, 6) is 0. The van der Waals surface area contributed by atoms with Gasteiger partial charge < -0.3 is 19.8 Å². The highest BCUT2D eigenvalue weighted by Gasteiger charge is 2.45. The number of nitrogens with zero attached hydrogens (tertiary/aromatic N) is 4. The Morgan fingerprint density at radius 2 is 0.978 bits per heavy atom. The Balaban J connectivity index is 0.000000147. The van der Waals surface area contributed by atoms with E-state index in [0.29, 0.717) is 11.4 Å². The number of hydrogen-bond donors (Lipinski definition) is 2. The first kappa shape index (κ1) is 30.4. The third kappa shape index (κ3) is 4.78. The molecule has 0 bridgehead atoms. The molecule has 4 aromatic rings. The summed E-state index contributed by atoms with van der Waals surface area (Å²) in [7, 11) is 3.89. The standard InChI is InChI=1S/2C19H19N3S/c2*1-22-14(12-20)6-8-17(22)13-5-7-16-15(11-13)19(18(23)21-16)9-3-2-4-10-19/h2*5-8,11H,2-4,9-10H2,1H3,(H,21,23). The molecule has 0 atom stereocenters. The highest BCUT2D eigenvalue weighted by Crippen LogP contribution is 2.50. The molecule has 0 saturated heterocycles. The summed E-state index contributed by atoms with van der Waals surface area (Å²) >= 11 is 11.4. The minimum absolute atomic E-state index is 0.0299. The molecule has 2 spiro atoms. The maximum atomic E-state index is 9.17. The summed E-state index contributed by atoms with van der Waals surface area (Å²) in [4.78, 5) is 1.99. The summed E-state index contributed by atoms with van der Waals surface area (Å²) in [5.41, 5.74) is 10.9. The van der Waals surface area contributed by atoms with Crippen LogP contribution in [0, 0.1) is 22.7 Å². The summed E-state index contributed by atoms with van der Waals surface area (Å²) < 4.78 is 3.91. The molecule has 46 heavy (non-hydrogen) atoms. The Hall–Kier alpha value is -4.24. The Morgan fingerprint density at radius 3 is 1.33 bits per heavy atom. The molecular weight excluding hydrogens is 605 g/mol. The number of nitriles is 2. The van der Waals surface area contributed by atoms with Crippen molar-refractivity contribution in [3.63, 3.8) is 0 Å². The second-order valence-electron chi connectivity index (χ2n) is 13.3. The van der Waals surface area contributed by atoms with E-state index < -0.39 is 0 Å². The molecule has 2 saturated carbocycles. The van der Waals surface area contributed by atoms with Crippen LogP contribution in [-0.4, -0.2) is 19.1 Å². The van der Waals surface area contributed by atoms with Crippen LogP contribution in [0.5, 0.6) is 0 Å². The van der Waals surface area contributed by atoms with Crippen molar-refractivity contribution in [2.24, 2.45) is 14.1 Å². The van der Waals surface area contributed by atoms with E-state index in [0.717, 1.165) is 69.5 Å². The van der Waals surface area contributed by atoms with Crippen molar-refractivity contribution >= 4 is 45.8 Å². The van der Waals surface area contributed by atoms with Crippen LogP contribution < -0.4 is 10.6 Å². The number of nitrogens with one attached hydrogen (secondary N) is 2. The van der Waals surface area contributed by atoms with Crippen LogP contribution in [0.3, 0.4) is 0 Å². The molecule has 2 fully saturated rings. The highest BCUT2D eigenvalue weighted by molar-refractivity contribution is 7.81. The number of thiocarbonyl (C=S) groups is 2. The SMILES string of the molecule is Cn1c(C#N)ccc1-c1ccc2c(c1)C1(CCCCC1)C(=S)N2.Cn1c(C#N)ccc1-c1ccc2c(c1)C1(CCCCC1)C(=S)N2. The third-order valence-corrected chi connectivity index (χ3v) is 11.9. The second-order valence-corrected chi connectivity index (χ2v) is 14.1. The lowest BCUT2D eigenvalue weighted by atomic mass is 9.70. The highest BCUT2D eigenvalue weighted by atomic mass is 32.1. The quantitative estimate of drug-likeness (QED) is 0.212. The van der Waals surface area contributed by atoms with E-state index in [1.165, 1.54) is 49.7 Å². The van der Waals surface area contributed by atoms with E-state index in [2.05, 4.69) is 59.2 Å². The molecular formula is C38H38N6S2. The van der Waals surface area contributed by atoms with E-state index in [9.17, 15) is 0 Å². The van der Waals surface area contributed by atoms with Gasteiger partial charge in [0.2, 0.25) is 0 Å². The number of rotatable bonds is 2. The number of hydrogen-bond acceptors (Lipinski definition) is 4. The van der Waals surface area contributed by atoms with Gasteiger partial charge in [0.15, 0.2) is 0 Å². The van der Waals surface area contributed by atoms with Crippen LogP contribution in [-0.2, 0) is 24.9 Å². The van der Waals surface area contributed by atoms with Crippen LogP contribution in [0.4, 0.5) is 11.4 Å². The van der Waals surface area contributed by atoms with Crippen molar-refractivity contribution in [1.82, 2.24) is 9.13 Å². The van der Waals surface area contributed by atoms with Gasteiger partial charge in [-0.2, -0.15) is 10.5 Å². The first-order valence-electron chi connectivity index (χ1n) is 16.4.